The smallest absolute Gasteiger partial charge is 0.290 e. The Balaban J connectivity index is 2.08. The number of carbonyl (C=O) groups excluding carboxylic acids is 1. The second-order valence-corrected chi connectivity index (χ2v) is 4.32. The third-order valence-electron chi connectivity index (χ3n) is 2.69. The fraction of sp³-hybridized carbons (Fsp3) is 0.143. The maximum atomic E-state index is 13.4. The standard InChI is InChI=1S/C14H11F3N2O/c1-9-4-6-19(7-5-9)8-12(20)18-11-3-2-10(15)13(16)14(11)17/h2-7H,8H2,1H3/p+1. The summed E-state index contributed by atoms with van der Waals surface area (Å²) < 4.78 is 40.7. The van der Waals surface area contributed by atoms with Crippen LogP contribution in [0.2, 0.25) is 0 Å². The first kappa shape index (κ1) is 14.0. The van der Waals surface area contributed by atoms with E-state index in [4.69, 9.17) is 0 Å². The van der Waals surface area contributed by atoms with Gasteiger partial charge in [-0.25, -0.2) is 13.2 Å². The van der Waals surface area contributed by atoms with Crippen molar-refractivity contribution in [3.63, 3.8) is 0 Å². The van der Waals surface area contributed by atoms with Crippen LogP contribution in [0, 0.1) is 24.4 Å². The van der Waals surface area contributed by atoms with Crippen LogP contribution in [-0.2, 0) is 11.3 Å². The van der Waals surface area contributed by atoms with E-state index in [1.165, 1.54) is 0 Å². The molecule has 3 nitrogen and oxygen atoms in total. The van der Waals surface area contributed by atoms with Gasteiger partial charge in [0.15, 0.2) is 29.8 Å². The number of anilines is 1. The Hall–Kier alpha value is -2.37. The van der Waals surface area contributed by atoms with E-state index in [1.807, 2.05) is 19.1 Å². The summed E-state index contributed by atoms with van der Waals surface area (Å²) >= 11 is 0. The molecule has 20 heavy (non-hydrogen) atoms. The van der Waals surface area contributed by atoms with Crippen molar-refractivity contribution in [1.82, 2.24) is 0 Å². The van der Waals surface area contributed by atoms with Crippen LogP contribution >= 0.6 is 0 Å². The van der Waals surface area contributed by atoms with Gasteiger partial charge in [-0.2, -0.15) is 4.57 Å². The highest BCUT2D eigenvalue weighted by Gasteiger charge is 2.16. The first-order valence-electron chi connectivity index (χ1n) is 5.86. The lowest BCUT2D eigenvalue weighted by atomic mass is 10.2. The van der Waals surface area contributed by atoms with E-state index in [9.17, 15) is 18.0 Å². The third-order valence-corrected chi connectivity index (χ3v) is 2.69. The van der Waals surface area contributed by atoms with Gasteiger partial charge >= 0.3 is 0 Å². The monoisotopic (exact) mass is 281 g/mol. The van der Waals surface area contributed by atoms with Gasteiger partial charge in [-0.3, -0.25) is 4.79 Å². The van der Waals surface area contributed by atoms with Crippen LogP contribution in [0.4, 0.5) is 18.9 Å². The van der Waals surface area contributed by atoms with Gasteiger partial charge in [-0.15, -0.1) is 0 Å². The van der Waals surface area contributed by atoms with Crippen molar-refractivity contribution in [3.8, 4) is 0 Å². The molecule has 1 amide bonds. The molecule has 1 aromatic carbocycles. The van der Waals surface area contributed by atoms with E-state index in [0.29, 0.717) is 0 Å². The van der Waals surface area contributed by atoms with Crippen molar-refractivity contribution < 1.29 is 22.5 Å². The van der Waals surface area contributed by atoms with E-state index < -0.39 is 23.4 Å². The SMILES string of the molecule is Cc1cc[n+](CC(=O)Nc2ccc(F)c(F)c2F)cc1. The zero-order chi connectivity index (χ0) is 14.7. The van der Waals surface area contributed by atoms with Gasteiger partial charge in [-0.1, -0.05) is 0 Å². The van der Waals surface area contributed by atoms with Crippen molar-refractivity contribution in [3.05, 3.63) is 59.7 Å². The van der Waals surface area contributed by atoms with E-state index in [-0.39, 0.29) is 12.2 Å². The molecule has 0 radical (unpaired) electrons. The molecule has 0 bridgehead atoms. The van der Waals surface area contributed by atoms with Crippen LogP contribution in [0.15, 0.2) is 36.7 Å². The molecule has 1 aromatic heterocycles. The van der Waals surface area contributed by atoms with Crippen LogP contribution in [0.25, 0.3) is 0 Å². The molecule has 0 atom stereocenters. The lowest BCUT2D eigenvalue weighted by molar-refractivity contribution is -0.684. The second kappa shape index (κ2) is 5.73. The number of nitrogens with zero attached hydrogens (tertiary/aromatic N) is 1. The topological polar surface area (TPSA) is 33.0 Å². The third kappa shape index (κ3) is 3.14. The van der Waals surface area contributed by atoms with Crippen molar-refractivity contribution in [1.29, 1.82) is 0 Å². The van der Waals surface area contributed by atoms with Gasteiger partial charge in [0.1, 0.15) is 0 Å². The summed E-state index contributed by atoms with van der Waals surface area (Å²) in [6.07, 6.45) is 3.38. The Morgan fingerprint density at radius 3 is 2.40 bits per heavy atom. The molecular weight excluding hydrogens is 269 g/mol. The lowest BCUT2D eigenvalue weighted by Crippen LogP contribution is -2.39. The highest BCUT2D eigenvalue weighted by molar-refractivity contribution is 5.89. The molecule has 0 saturated carbocycles. The summed E-state index contributed by atoms with van der Waals surface area (Å²) in [7, 11) is 0. The molecule has 0 saturated heterocycles. The average molecular weight is 281 g/mol. The number of aromatic nitrogens is 1. The van der Waals surface area contributed by atoms with E-state index in [1.54, 1.807) is 17.0 Å². The van der Waals surface area contributed by atoms with E-state index in [0.717, 1.165) is 17.7 Å². The van der Waals surface area contributed by atoms with Gasteiger partial charge in [0, 0.05) is 12.1 Å². The van der Waals surface area contributed by atoms with Gasteiger partial charge in [-0.05, 0) is 24.6 Å². The van der Waals surface area contributed by atoms with Crippen molar-refractivity contribution >= 4 is 11.6 Å². The van der Waals surface area contributed by atoms with Crippen LogP contribution in [-0.4, -0.2) is 5.91 Å². The molecule has 0 aliphatic rings. The quantitative estimate of drug-likeness (QED) is 0.680. The van der Waals surface area contributed by atoms with Gasteiger partial charge in [0.05, 0.1) is 5.69 Å². The number of pyridine rings is 1. The Labute approximate surface area is 113 Å². The molecule has 0 unspecified atom stereocenters. The van der Waals surface area contributed by atoms with Crippen LogP contribution in [0.5, 0.6) is 0 Å². The number of aryl methyl sites for hydroxylation is 1. The minimum absolute atomic E-state index is 0.0568. The number of halogens is 3. The van der Waals surface area contributed by atoms with Gasteiger partial charge in [0.2, 0.25) is 6.54 Å². The van der Waals surface area contributed by atoms with Crippen LogP contribution in [0.3, 0.4) is 0 Å². The average Bonchev–Trinajstić information content (AvgIpc) is 2.42. The summed E-state index contributed by atoms with van der Waals surface area (Å²) in [5.41, 5.74) is 0.648. The van der Waals surface area contributed by atoms with E-state index >= 15 is 0 Å². The Morgan fingerprint density at radius 2 is 1.75 bits per heavy atom. The first-order valence-corrected chi connectivity index (χ1v) is 5.86. The molecular formula is C14H12F3N2O+. The summed E-state index contributed by atoms with van der Waals surface area (Å²) in [6, 6.07) is 5.36. The highest BCUT2D eigenvalue weighted by atomic mass is 19.2. The fourth-order valence-corrected chi connectivity index (χ4v) is 1.62. The van der Waals surface area contributed by atoms with Crippen molar-refractivity contribution in [2.75, 3.05) is 5.32 Å². The predicted molar refractivity (Wildman–Crippen MR) is 66.3 cm³/mol. The van der Waals surface area contributed by atoms with Crippen LogP contribution < -0.4 is 9.88 Å². The molecule has 1 heterocycles. The second-order valence-electron chi connectivity index (χ2n) is 4.32. The molecule has 2 aromatic rings. The molecule has 1 N–H and O–H groups in total. The summed E-state index contributed by atoms with van der Waals surface area (Å²) in [4.78, 5) is 11.7. The maximum Gasteiger partial charge on any atom is 0.290 e. The minimum Gasteiger partial charge on any atom is -0.318 e. The molecule has 0 aliphatic carbocycles. The minimum atomic E-state index is -1.61. The molecule has 0 spiro atoms. The zero-order valence-corrected chi connectivity index (χ0v) is 10.7. The molecule has 0 aliphatic heterocycles. The van der Waals surface area contributed by atoms with Crippen molar-refractivity contribution in [2.45, 2.75) is 13.5 Å². The normalized spacial score (nSPS) is 10.4. The largest absolute Gasteiger partial charge is 0.318 e. The number of carbonyl (C=O) groups is 1. The molecule has 104 valence electrons. The van der Waals surface area contributed by atoms with Crippen LogP contribution in [0.1, 0.15) is 5.56 Å². The Bertz CT molecular complexity index is 642. The number of benzene rings is 1. The summed E-state index contributed by atoms with van der Waals surface area (Å²) in [5, 5.41) is 2.20. The van der Waals surface area contributed by atoms with Crippen molar-refractivity contribution in [2.24, 2.45) is 0 Å². The predicted octanol–water partition coefficient (Wildman–Crippen LogP) is 2.34. The maximum absolute atomic E-state index is 13.4. The fourth-order valence-electron chi connectivity index (χ4n) is 1.62. The molecule has 0 fully saturated rings. The number of rotatable bonds is 3. The number of hydrogen-bond donors (Lipinski definition) is 1. The molecule has 2 rings (SSSR count). The number of amides is 1. The van der Waals surface area contributed by atoms with Gasteiger partial charge < -0.3 is 5.32 Å². The summed E-state index contributed by atoms with van der Waals surface area (Å²) in [5.74, 6) is -4.85. The first-order chi connectivity index (χ1) is 9.47. The Kier molecular flexibility index (Phi) is 4.02. The summed E-state index contributed by atoms with van der Waals surface area (Å²) in [6.45, 7) is 1.85. The zero-order valence-electron chi connectivity index (χ0n) is 10.7. The Morgan fingerprint density at radius 1 is 1.10 bits per heavy atom. The number of hydrogen-bond acceptors (Lipinski definition) is 1. The highest BCUT2D eigenvalue weighted by Crippen LogP contribution is 2.19. The van der Waals surface area contributed by atoms with E-state index in [2.05, 4.69) is 5.32 Å². The molecule has 6 heteroatoms. The number of nitrogens with one attached hydrogen (secondary N) is 1. The van der Waals surface area contributed by atoms with Gasteiger partial charge in [0.25, 0.3) is 5.91 Å². The lowest BCUT2D eigenvalue weighted by Gasteiger charge is -2.05.